The summed E-state index contributed by atoms with van der Waals surface area (Å²) in [6.07, 6.45) is 1.60. The van der Waals surface area contributed by atoms with Crippen LogP contribution in [0.15, 0.2) is 66.9 Å². The molecular weight excluding hydrogens is 412 g/mol. The number of carbonyl (C=O) groups is 1. The zero-order valence-electron chi connectivity index (χ0n) is 17.4. The molecule has 1 unspecified atom stereocenters. The number of aryl methyl sites for hydroxylation is 1. The van der Waals surface area contributed by atoms with Gasteiger partial charge in [-0.2, -0.15) is 0 Å². The summed E-state index contributed by atoms with van der Waals surface area (Å²) in [5.74, 6) is 1.30. The number of halogens is 1. The molecule has 6 nitrogen and oxygen atoms in total. The Labute approximate surface area is 185 Å². The number of para-hydroxylation sites is 2. The summed E-state index contributed by atoms with van der Waals surface area (Å²) in [4.78, 5) is 21.5. The van der Waals surface area contributed by atoms with Gasteiger partial charge in [0.1, 0.15) is 23.9 Å². The topological polar surface area (TPSA) is 69.0 Å². The Morgan fingerprint density at radius 1 is 1.16 bits per heavy atom. The van der Waals surface area contributed by atoms with Crippen LogP contribution in [0.25, 0.3) is 11.0 Å². The maximum absolute atomic E-state index is 12.6. The van der Waals surface area contributed by atoms with Gasteiger partial charge in [0.25, 0.3) is 5.91 Å². The highest BCUT2D eigenvalue weighted by Crippen LogP contribution is 2.23. The van der Waals surface area contributed by atoms with E-state index in [0.717, 1.165) is 28.2 Å². The van der Waals surface area contributed by atoms with E-state index in [9.17, 15) is 4.79 Å². The lowest BCUT2D eigenvalue weighted by Gasteiger charge is -2.16. The van der Waals surface area contributed by atoms with Crippen molar-refractivity contribution in [3.63, 3.8) is 0 Å². The fraction of sp³-hybridized carbons (Fsp3) is 0.208. The second-order valence-electron chi connectivity index (χ2n) is 7.28. The van der Waals surface area contributed by atoms with Crippen LogP contribution in [0, 0.1) is 6.92 Å². The molecule has 0 aliphatic carbocycles. The second-order valence-corrected chi connectivity index (χ2v) is 7.69. The normalized spacial score (nSPS) is 12.0. The van der Waals surface area contributed by atoms with Crippen LogP contribution in [-0.4, -0.2) is 27.0 Å². The molecule has 0 saturated heterocycles. The molecule has 0 radical (unpaired) electrons. The van der Waals surface area contributed by atoms with Gasteiger partial charge in [-0.3, -0.25) is 9.78 Å². The number of ether oxygens (including phenoxy) is 1. The Morgan fingerprint density at radius 3 is 2.74 bits per heavy atom. The molecule has 2 aromatic heterocycles. The molecule has 4 aromatic rings. The molecule has 1 N–H and O–H groups in total. The number of nitrogens with one attached hydrogen (secondary N) is 1. The number of imidazole rings is 1. The number of aromatic nitrogens is 3. The Hall–Kier alpha value is -3.38. The van der Waals surface area contributed by atoms with Crippen LogP contribution in [0.4, 0.5) is 0 Å². The summed E-state index contributed by atoms with van der Waals surface area (Å²) in [6, 6.07) is 18.5. The highest BCUT2D eigenvalue weighted by Gasteiger charge is 2.19. The molecule has 0 bridgehead atoms. The molecule has 0 aliphatic rings. The summed E-state index contributed by atoms with van der Waals surface area (Å²) in [7, 11) is 0. The third-order valence-electron chi connectivity index (χ3n) is 5.03. The Morgan fingerprint density at radius 2 is 1.97 bits per heavy atom. The highest BCUT2D eigenvalue weighted by atomic mass is 35.5. The van der Waals surface area contributed by atoms with Crippen molar-refractivity contribution in [2.24, 2.45) is 0 Å². The zero-order valence-corrected chi connectivity index (χ0v) is 18.1. The van der Waals surface area contributed by atoms with E-state index < -0.39 is 0 Å². The van der Waals surface area contributed by atoms with Gasteiger partial charge in [0.2, 0.25) is 0 Å². The average Bonchev–Trinajstić information content (AvgIpc) is 3.15. The fourth-order valence-corrected chi connectivity index (χ4v) is 3.57. The molecule has 2 heterocycles. The van der Waals surface area contributed by atoms with Gasteiger partial charge in [0, 0.05) is 11.2 Å². The minimum Gasteiger partial charge on any atom is -0.492 e. The average molecular weight is 435 g/mol. The first-order valence-electron chi connectivity index (χ1n) is 10.1. The number of fused-ring (bicyclic) bond motifs is 1. The Bertz CT molecular complexity index is 1210. The predicted octanol–water partition coefficient (Wildman–Crippen LogP) is 4.96. The quantitative estimate of drug-likeness (QED) is 0.446. The maximum atomic E-state index is 12.6. The van der Waals surface area contributed by atoms with Gasteiger partial charge in [-0.15, -0.1) is 0 Å². The monoisotopic (exact) mass is 434 g/mol. The van der Waals surface area contributed by atoms with Crippen LogP contribution in [0.1, 0.15) is 34.8 Å². The number of hydrogen-bond acceptors (Lipinski definition) is 4. The first-order valence-corrected chi connectivity index (χ1v) is 10.5. The van der Waals surface area contributed by atoms with E-state index in [4.69, 9.17) is 21.3 Å². The van der Waals surface area contributed by atoms with E-state index in [-0.39, 0.29) is 11.9 Å². The molecule has 0 aliphatic heterocycles. The lowest BCUT2D eigenvalue weighted by molar-refractivity contribution is 0.0932. The van der Waals surface area contributed by atoms with Crippen LogP contribution in [0.2, 0.25) is 5.02 Å². The molecular formula is C24H23ClN4O2. The van der Waals surface area contributed by atoms with Gasteiger partial charge in [-0.1, -0.05) is 29.8 Å². The molecule has 2 aromatic carbocycles. The molecule has 7 heteroatoms. The molecule has 158 valence electrons. The van der Waals surface area contributed by atoms with Gasteiger partial charge in [-0.25, -0.2) is 4.98 Å². The van der Waals surface area contributed by atoms with Crippen LogP contribution >= 0.6 is 11.6 Å². The molecule has 31 heavy (non-hydrogen) atoms. The van der Waals surface area contributed by atoms with Crippen molar-refractivity contribution in [1.82, 2.24) is 19.9 Å². The van der Waals surface area contributed by atoms with Crippen LogP contribution in [-0.2, 0) is 6.54 Å². The van der Waals surface area contributed by atoms with Crippen molar-refractivity contribution < 1.29 is 9.53 Å². The van der Waals surface area contributed by atoms with Crippen molar-refractivity contribution in [2.75, 3.05) is 6.61 Å². The van der Waals surface area contributed by atoms with Crippen LogP contribution in [0.3, 0.4) is 0 Å². The largest absolute Gasteiger partial charge is 0.492 e. The highest BCUT2D eigenvalue weighted by molar-refractivity contribution is 6.31. The number of benzene rings is 2. The summed E-state index contributed by atoms with van der Waals surface area (Å²) < 4.78 is 8.03. The van der Waals surface area contributed by atoms with E-state index >= 15 is 0 Å². The summed E-state index contributed by atoms with van der Waals surface area (Å²) >= 11 is 6.10. The predicted molar refractivity (Wildman–Crippen MR) is 122 cm³/mol. The number of nitrogens with zero attached hydrogens (tertiary/aromatic N) is 3. The third-order valence-corrected chi connectivity index (χ3v) is 5.45. The summed E-state index contributed by atoms with van der Waals surface area (Å²) in [6.45, 7) is 4.90. The van der Waals surface area contributed by atoms with Crippen molar-refractivity contribution in [2.45, 2.75) is 26.4 Å². The van der Waals surface area contributed by atoms with Crippen molar-refractivity contribution in [3.8, 4) is 5.75 Å². The molecule has 0 spiro atoms. The number of rotatable bonds is 7. The Kier molecular flexibility index (Phi) is 6.18. The van der Waals surface area contributed by atoms with Crippen LogP contribution < -0.4 is 10.1 Å². The van der Waals surface area contributed by atoms with Gasteiger partial charge >= 0.3 is 0 Å². The number of amides is 1. The second kappa shape index (κ2) is 9.18. The van der Waals surface area contributed by atoms with Crippen LogP contribution in [0.5, 0.6) is 5.75 Å². The number of pyridine rings is 1. The first-order chi connectivity index (χ1) is 15.0. The minimum absolute atomic E-state index is 0.236. The lowest BCUT2D eigenvalue weighted by atomic mass is 10.2. The van der Waals surface area contributed by atoms with Crippen molar-refractivity contribution in [3.05, 3.63) is 89.0 Å². The first kappa shape index (κ1) is 20.9. The van der Waals surface area contributed by atoms with E-state index in [2.05, 4.69) is 14.9 Å². The molecule has 1 amide bonds. The molecule has 0 saturated carbocycles. The number of carbonyl (C=O) groups excluding carboxylic acids is 1. The van der Waals surface area contributed by atoms with E-state index in [1.54, 1.807) is 24.4 Å². The molecule has 0 fully saturated rings. The van der Waals surface area contributed by atoms with Gasteiger partial charge in [0.05, 0.1) is 23.6 Å². The maximum Gasteiger partial charge on any atom is 0.270 e. The van der Waals surface area contributed by atoms with Gasteiger partial charge in [0.15, 0.2) is 0 Å². The standard InChI is InChI=1S/C24H23ClN4O2/c1-16-15-18(10-11-19(16)25)31-14-13-29-22-9-4-3-7-20(22)28-23(29)17(2)27-24(30)21-8-5-6-12-26-21/h3-12,15,17H,13-14H2,1-2H3,(H,27,30). The molecule has 4 rings (SSSR count). The molecule has 1 atom stereocenters. The lowest BCUT2D eigenvalue weighted by Crippen LogP contribution is -2.29. The Balaban J connectivity index is 1.53. The summed E-state index contributed by atoms with van der Waals surface area (Å²) in [5.41, 5.74) is 3.21. The fourth-order valence-electron chi connectivity index (χ4n) is 3.45. The summed E-state index contributed by atoms with van der Waals surface area (Å²) in [5, 5.41) is 3.71. The van der Waals surface area contributed by atoms with Crippen molar-refractivity contribution in [1.29, 1.82) is 0 Å². The van der Waals surface area contributed by atoms with Gasteiger partial charge < -0.3 is 14.6 Å². The number of hydrogen-bond donors (Lipinski definition) is 1. The zero-order chi connectivity index (χ0) is 21.8. The van der Waals surface area contributed by atoms with E-state index in [0.29, 0.717) is 23.9 Å². The van der Waals surface area contributed by atoms with E-state index in [1.165, 1.54) is 0 Å². The smallest absolute Gasteiger partial charge is 0.270 e. The van der Waals surface area contributed by atoms with Crippen molar-refractivity contribution >= 4 is 28.5 Å². The SMILES string of the molecule is Cc1cc(OCCn2c(C(C)NC(=O)c3ccccn3)nc3ccccc32)ccc1Cl. The third kappa shape index (κ3) is 4.70. The van der Waals surface area contributed by atoms with Gasteiger partial charge in [-0.05, 0) is 61.9 Å². The minimum atomic E-state index is -0.306. The van der Waals surface area contributed by atoms with E-state index in [1.807, 2.05) is 56.3 Å².